The van der Waals surface area contributed by atoms with Gasteiger partial charge in [0.1, 0.15) is 5.82 Å². The molecule has 162 valence electrons. The number of hydroxylamine groups is 1. The maximum Gasteiger partial charge on any atom is 0.264 e. The molecular weight excluding hydrogens is 413 g/mol. The Balaban J connectivity index is 1.73. The van der Waals surface area contributed by atoms with Crippen LogP contribution in [0.4, 0.5) is 4.39 Å². The number of benzene rings is 1. The van der Waals surface area contributed by atoms with E-state index in [9.17, 15) is 17.6 Å². The van der Waals surface area contributed by atoms with Crippen molar-refractivity contribution in [3.05, 3.63) is 29.7 Å². The number of ether oxygens (including phenoxy) is 1. The Morgan fingerprint density at radius 1 is 1.50 bits per heavy atom. The summed E-state index contributed by atoms with van der Waals surface area (Å²) in [7, 11) is -3.79. The number of carbonyl (C=O) groups is 1. The van der Waals surface area contributed by atoms with E-state index in [1.165, 1.54) is 23.7 Å². The summed E-state index contributed by atoms with van der Waals surface area (Å²) in [5, 5.41) is 4.86. The van der Waals surface area contributed by atoms with Gasteiger partial charge in [0.2, 0.25) is 0 Å². The molecule has 0 unspecified atom stereocenters. The van der Waals surface area contributed by atoms with Crippen LogP contribution in [0.25, 0.3) is 10.9 Å². The summed E-state index contributed by atoms with van der Waals surface area (Å²) in [4.78, 5) is 18.0. The Morgan fingerprint density at radius 2 is 2.27 bits per heavy atom. The maximum absolute atomic E-state index is 13.9. The Bertz CT molecular complexity index is 1090. The van der Waals surface area contributed by atoms with Crippen LogP contribution < -0.4 is 5.48 Å². The SMILES string of the molecule is C#Cc1cc2cn(CC[C@](C)(C(=O)NO[C@@H]3CCCCO3)S(C)(=O)=O)nc2cc1F. The molecule has 8 nitrogen and oxygen atoms in total. The van der Waals surface area contributed by atoms with E-state index in [2.05, 4.69) is 16.5 Å². The zero-order chi connectivity index (χ0) is 21.9. The molecule has 10 heteroatoms. The number of aromatic nitrogens is 2. The van der Waals surface area contributed by atoms with Crippen molar-refractivity contribution in [1.82, 2.24) is 15.3 Å². The van der Waals surface area contributed by atoms with Crippen LogP contribution in [0.3, 0.4) is 0 Å². The highest BCUT2D eigenvalue weighted by molar-refractivity contribution is 7.92. The van der Waals surface area contributed by atoms with Crippen molar-refractivity contribution < 1.29 is 27.2 Å². The first-order chi connectivity index (χ1) is 14.1. The molecule has 1 N–H and O–H groups in total. The van der Waals surface area contributed by atoms with Crippen LogP contribution in [-0.4, -0.2) is 48.0 Å². The van der Waals surface area contributed by atoms with Crippen LogP contribution in [0.2, 0.25) is 0 Å². The number of nitrogens with one attached hydrogen (secondary N) is 1. The summed E-state index contributed by atoms with van der Waals surface area (Å²) in [6.45, 7) is 1.97. The van der Waals surface area contributed by atoms with Crippen LogP contribution in [0.1, 0.15) is 38.2 Å². The summed E-state index contributed by atoms with van der Waals surface area (Å²) in [6, 6.07) is 2.72. The minimum atomic E-state index is -3.79. The Morgan fingerprint density at radius 3 is 2.90 bits per heavy atom. The lowest BCUT2D eigenvalue weighted by atomic mass is 10.1. The van der Waals surface area contributed by atoms with Gasteiger partial charge in [-0.25, -0.2) is 23.1 Å². The largest absolute Gasteiger partial charge is 0.350 e. The number of carbonyl (C=O) groups excluding carboxylic acids is 1. The molecule has 0 spiro atoms. The molecule has 1 fully saturated rings. The highest BCUT2D eigenvalue weighted by atomic mass is 32.2. The van der Waals surface area contributed by atoms with Gasteiger partial charge in [-0.2, -0.15) is 5.10 Å². The number of fused-ring (bicyclic) bond motifs is 1. The molecule has 1 aliphatic rings. The zero-order valence-electron chi connectivity index (χ0n) is 16.9. The van der Waals surface area contributed by atoms with E-state index in [4.69, 9.17) is 16.0 Å². The molecule has 2 atom stereocenters. The highest BCUT2D eigenvalue weighted by Crippen LogP contribution is 2.24. The summed E-state index contributed by atoms with van der Waals surface area (Å²) < 4.78 is 43.8. The number of halogens is 1. The van der Waals surface area contributed by atoms with E-state index in [1.54, 1.807) is 6.20 Å². The molecule has 3 rings (SSSR count). The van der Waals surface area contributed by atoms with Crippen LogP contribution in [0.5, 0.6) is 0 Å². The topological polar surface area (TPSA) is 99.5 Å². The number of sulfone groups is 1. The summed E-state index contributed by atoms with van der Waals surface area (Å²) in [6.07, 6.45) is 9.68. The number of nitrogens with zero attached hydrogens (tertiary/aromatic N) is 2. The molecule has 0 radical (unpaired) electrons. The molecule has 0 bridgehead atoms. The lowest BCUT2D eigenvalue weighted by Crippen LogP contribution is -2.51. The summed E-state index contributed by atoms with van der Waals surface area (Å²) in [5.74, 6) is 0.922. The summed E-state index contributed by atoms with van der Waals surface area (Å²) in [5.41, 5.74) is 2.74. The molecule has 1 aromatic heterocycles. The van der Waals surface area contributed by atoms with E-state index < -0.39 is 32.6 Å². The van der Waals surface area contributed by atoms with Crippen molar-refractivity contribution in [3.63, 3.8) is 0 Å². The van der Waals surface area contributed by atoms with Crippen LogP contribution >= 0.6 is 0 Å². The zero-order valence-corrected chi connectivity index (χ0v) is 17.7. The molecule has 2 aromatic rings. The third-order valence-corrected chi connectivity index (χ3v) is 7.36. The number of rotatable bonds is 7. The molecule has 1 amide bonds. The van der Waals surface area contributed by atoms with Gasteiger partial charge in [-0.05, 0) is 32.3 Å². The van der Waals surface area contributed by atoms with Crippen LogP contribution in [-0.2, 0) is 30.8 Å². The Kier molecular flexibility index (Phi) is 6.45. The fraction of sp³-hybridized carbons (Fsp3) is 0.500. The predicted octanol–water partition coefficient (Wildman–Crippen LogP) is 1.92. The third kappa shape index (κ3) is 4.64. The second kappa shape index (κ2) is 8.71. The van der Waals surface area contributed by atoms with Crippen molar-refractivity contribution >= 4 is 26.6 Å². The van der Waals surface area contributed by atoms with E-state index in [-0.39, 0.29) is 18.5 Å². The molecule has 1 aromatic carbocycles. The van der Waals surface area contributed by atoms with E-state index >= 15 is 0 Å². The molecule has 0 aliphatic carbocycles. The molecule has 1 aliphatic heterocycles. The lowest BCUT2D eigenvalue weighted by Gasteiger charge is -2.28. The quantitative estimate of drug-likeness (QED) is 0.525. The first kappa shape index (κ1) is 22.2. The van der Waals surface area contributed by atoms with Gasteiger partial charge in [0.15, 0.2) is 20.9 Å². The Hall–Kier alpha value is -2.48. The average Bonchev–Trinajstić information content (AvgIpc) is 3.10. The number of hydrogen-bond donors (Lipinski definition) is 1. The van der Waals surface area contributed by atoms with E-state index in [1.807, 2.05) is 0 Å². The number of hydrogen-bond acceptors (Lipinski definition) is 6. The average molecular weight is 437 g/mol. The first-order valence-corrected chi connectivity index (χ1v) is 11.4. The number of amides is 1. The highest BCUT2D eigenvalue weighted by Gasteiger charge is 2.44. The second-order valence-electron chi connectivity index (χ2n) is 7.53. The molecule has 2 heterocycles. The Labute approximate surface area is 174 Å². The van der Waals surface area contributed by atoms with Crippen molar-refractivity contribution in [2.45, 2.75) is 50.2 Å². The normalized spacial score (nSPS) is 19.2. The second-order valence-corrected chi connectivity index (χ2v) is 9.97. The minimum absolute atomic E-state index is 0.0645. The maximum atomic E-state index is 13.9. The van der Waals surface area contributed by atoms with Gasteiger partial charge in [-0.3, -0.25) is 9.48 Å². The van der Waals surface area contributed by atoms with Gasteiger partial charge in [0.25, 0.3) is 5.91 Å². The molecule has 30 heavy (non-hydrogen) atoms. The molecule has 0 saturated carbocycles. The minimum Gasteiger partial charge on any atom is -0.350 e. The number of aryl methyl sites for hydroxylation is 1. The first-order valence-electron chi connectivity index (χ1n) is 9.54. The van der Waals surface area contributed by atoms with Crippen LogP contribution in [0.15, 0.2) is 18.3 Å². The standard InChI is InChI=1S/C20H24FN3O5S/c1-4-14-11-15-13-24(22-17(15)12-16(14)21)9-8-20(2,30(3,26)27)19(25)23-29-18-7-5-6-10-28-18/h1,11-13,18H,5-10H2,2-3H3,(H,23,25)/t18-,20-/m1/s1. The van der Waals surface area contributed by atoms with E-state index in [0.29, 0.717) is 23.9 Å². The van der Waals surface area contributed by atoms with Gasteiger partial charge < -0.3 is 4.74 Å². The fourth-order valence-corrected chi connectivity index (χ4v) is 3.99. The smallest absolute Gasteiger partial charge is 0.264 e. The lowest BCUT2D eigenvalue weighted by molar-refractivity contribution is -0.201. The van der Waals surface area contributed by atoms with Crippen LogP contribution in [0, 0.1) is 18.2 Å². The predicted molar refractivity (Wildman–Crippen MR) is 108 cm³/mol. The number of terminal acetylenes is 1. The molecular formula is C20H24FN3O5S. The van der Waals surface area contributed by atoms with Crippen molar-refractivity contribution in [2.24, 2.45) is 0 Å². The van der Waals surface area contributed by atoms with E-state index in [0.717, 1.165) is 19.1 Å². The fourth-order valence-electron chi connectivity index (χ4n) is 3.15. The monoisotopic (exact) mass is 437 g/mol. The third-order valence-electron chi connectivity index (χ3n) is 5.33. The van der Waals surface area contributed by atoms with Crippen molar-refractivity contribution in [2.75, 3.05) is 12.9 Å². The summed E-state index contributed by atoms with van der Waals surface area (Å²) >= 11 is 0. The van der Waals surface area contributed by atoms with Crippen molar-refractivity contribution in [1.29, 1.82) is 0 Å². The molecule has 1 saturated heterocycles. The van der Waals surface area contributed by atoms with Gasteiger partial charge in [-0.1, -0.05) is 5.92 Å². The van der Waals surface area contributed by atoms with Crippen molar-refractivity contribution in [3.8, 4) is 12.3 Å². The van der Waals surface area contributed by atoms with Gasteiger partial charge in [-0.15, -0.1) is 6.42 Å². The van der Waals surface area contributed by atoms with Gasteiger partial charge in [0, 0.05) is 43.5 Å². The van der Waals surface area contributed by atoms with Gasteiger partial charge >= 0.3 is 0 Å². The van der Waals surface area contributed by atoms with Gasteiger partial charge in [0.05, 0.1) is 11.1 Å².